The van der Waals surface area contributed by atoms with Gasteiger partial charge in [-0.25, -0.2) is 0 Å². The average Bonchev–Trinajstić information content (AvgIpc) is 2.91. The first kappa shape index (κ1) is 21.9. The molecule has 0 aliphatic carbocycles. The summed E-state index contributed by atoms with van der Waals surface area (Å²) in [5, 5.41) is 3.93. The van der Waals surface area contributed by atoms with Gasteiger partial charge in [0.15, 0.2) is 14.1 Å². The van der Waals surface area contributed by atoms with Crippen LogP contribution in [-0.4, -0.2) is 31.6 Å². The van der Waals surface area contributed by atoms with Gasteiger partial charge in [0.2, 0.25) is 0 Å². The molecule has 1 aromatic carbocycles. The summed E-state index contributed by atoms with van der Waals surface area (Å²) >= 11 is 0. The molecular weight excluding hydrogens is 358 g/mol. The zero-order chi connectivity index (χ0) is 20.3. The van der Waals surface area contributed by atoms with E-state index in [1.807, 2.05) is 32.5 Å². The van der Waals surface area contributed by atoms with Crippen LogP contribution in [0.4, 0.5) is 0 Å². The minimum absolute atomic E-state index is 0.0311. The highest BCUT2D eigenvalue weighted by molar-refractivity contribution is 6.74. The Balaban J connectivity index is 2.02. The van der Waals surface area contributed by atoms with Crippen LogP contribution >= 0.6 is 0 Å². The molecule has 1 aliphatic heterocycles. The first-order valence-electron chi connectivity index (χ1n) is 9.61. The molecule has 0 bridgehead atoms. The summed E-state index contributed by atoms with van der Waals surface area (Å²) in [6.45, 7) is 12.7. The summed E-state index contributed by atoms with van der Waals surface area (Å²) in [5.74, 6) is -0.580. The molecule has 6 nitrogen and oxygen atoms in total. The lowest BCUT2D eigenvalue weighted by atomic mass is 10.00. The third-order valence-electron chi connectivity index (χ3n) is 5.63. The lowest BCUT2D eigenvalue weighted by molar-refractivity contribution is -0.139. The van der Waals surface area contributed by atoms with Crippen LogP contribution in [0.3, 0.4) is 0 Å². The van der Waals surface area contributed by atoms with E-state index in [1.54, 1.807) is 0 Å². The molecule has 0 amide bonds. The van der Waals surface area contributed by atoms with Crippen molar-refractivity contribution in [3.63, 3.8) is 0 Å². The van der Waals surface area contributed by atoms with Gasteiger partial charge in [-0.05, 0) is 61.0 Å². The second-order valence-corrected chi connectivity index (χ2v) is 13.7. The molecule has 1 aliphatic rings. The van der Waals surface area contributed by atoms with E-state index < -0.39 is 14.1 Å². The van der Waals surface area contributed by atoms with Crippen molar-refractivity contribution in [1.29, 1.82) is 0 Å². The van der Waals surface area contributed by atoms with Crippen LogP contribution < -0.4 is 0 Å². The van der Waals surface area contributed by atoms with E-state index in [-0.39, 0.29) is 17.2 Å². The van der Waals surface area contributed by atoms with E-state index in [1.165, 1.54) is 5.56 Å². The Hall–Kier alpha value is -1.37. The number of nitrogens with zero attached hydrogens (tertiary/aromatic N) is 3. The quantitative estimate of drug-likeness (QED) is 0.288. The molecule has 150 valence electrons. The molecule has 1 aromatic rings. The summed E-state index contributed by atoms with van der Waals surface area (Å²) in [6.07, 6.45) is 1.37. The topological polar surface area (TPSA) is 87.5 Å². The van der Waals surface area contributed by atoms with E-state index in [2.05, 4.69) is 42.9 Å². The number of hydrogen-bond acceptors (Lipinski definition) is 4. The molecule has 1 saturated heterocycles. The molecular formula is C20H33N3O3Si. The van der Waals surface area contributed by atoms with E-state index in [0.29, 0.717) is 13.0 Å². The Labute approximate surface area is 163 Å². The van der Waals surface area contributed by atoms with Crippen LogP contribution in [0.25, 0.3) is 10.4 Å². The molecule has 0 radical (unpaired) electrons. The molecule has 0 spiro atoms. The Kier molecular flexibility index (Phi) is 6.76. The summed E-state index contributed by atoms with van der Waals surface area (Å²) < 4.78 is 11.5. The Morgan fingerprint density at radius 1 is 1.33 bits per heavy atom. The Bertz CT molecular complexity index is 677. The van der Waals surface area contributed by atoms with Crippen LogP contribution in [0, 0.1) is 0 Å². The number of ether oxygens (including phenoxy) is 2. The van der Waals surface area contributed by atoms with Crippen molar-refractivity contribution in [2.45, 2.75) is 83.0 Å². The number of azide groups is 1. The minimum Gasteiger partial charge on any atom is -0.431 e. The first-order valence-corrected chi connectivity index (χ1v) is 12.3. The van der Waals surface area contributed by atoms with Crippen LogP contribution in [0.5, 0.6) is 0 Å². The third-order valence-corrected chi connectivity index (χ3v) is 10.1. The van der Waals surface area contributed by atoms with Gasteiger partial charge in [0.05, 0.1) is 18.8 Å². The largest absolute Gasteiger partial charge is 0.431 e. The van der Waals surface area contributed by atoms with Gasteiger partial charge in [0.25, 0.3) is 0 Å². The maximum absolute atomic E-state index is 10.8. The summed E-state index contributed by atoms with van der Waals surface area (Å²) in [7, 11) is -2.27. The van der Waals surface area contributed by atoms with Crippen molar-refractivity contribution in [3.8, 4) is 0 Å². The Morgan fingerprint density at radius 2 is 1.96 bits per heavy atom. The number of hydrogen-bond donors (Lipinski definition) is 1. The van der Waals surface area contributed by atoms with Gasteiger partial charge in [-0.15, -0.1) is 0 Å². The van der Waals surface area contributed by atoms with Gasteiger partial charge in [-0.3, -0.25) is 0 Å². The molecule has 2 rings (SSSR count). The van der Waals surface area contributed by atoms with E-state index in [4.69, 9.17) is 15.0 Å². The second kappa shape index (κ2) is 8.33. The molecule has 0 saturated carbocycles. The zero-order valence-corrected chi connectivity index (χ0v) is 18.4. The fourth-order valence-corrected chi connectivity index (χ4v) is 4.64. The standard InChI is InChI=1S/C20H33N3O3Si/c1-19(2,3)27(6,24)12-11-15-7-9-16(10-8-15)18(22-23-21)13-17-14-25-20(4,5)26-17/h7-10,17-18,24H,11-14H2,1-6H3/t17-,18?,27?/m1/s1. The maximum atomic E-state index is 10.8. The Morgan fingerprint density at radius 3 is 2.44 bits per heavy atom. The smallest absolute Gasteiger partial charge is 0.191 e. The highest BCUT2D eigenvalue weighted by Gasteiger charge is 2.38. The summed E-state index contributed by atoms with van der Waals surface area (Å²) in [5.41, 5.74) is 11.1. The fraction of sp³-hybridized carbons (Fsp3) is 0.700. The van der Waals surface area contributed by atoms with Crippen molar-refractivity contribution < 1.29 is 14.3 Å². The van der Waals surface area contributed by atoms with Gasteiger partial charge >= 0.3 is 0 Å². The number of aryl methyl sites for hydroxylation is 1. The zero-order valence-electron chi connectivity index (χ0n) is 17.4. The van der Waals surface area contributed by atoms with E-state index >= 15 is 0 Å². The van der Waals surface area contributed by atoms with Crippen molar-refractivity contribution in [3.05, 3.63) is 45.8 Å². The van der Waals surface area contributed by atoms with Gasteiger partial charge in [0.1, 0.15) is 0 Å². The SMILES string of the molecule is CC1(C)OC[C@@H](CC(N=[N+]=[N-])c2ccc(CC[Si](C)(O)C(C)(C)C)cc2)O1. The van der Waals surface area contributed by atoms with Crippen molar-refractivity contribution in [2.75, 3.05) is 6.61 Å². The van der Waals surface area contributed by atoms with E-state index in [9.17, 15) is 4.80 Å². The molecule has 27 heavy (non-hydrogen) atoms. The van der Waals surface area contributed by atoms with Gasteiger partial charge in [-0.2, -0.15) is 0 Å². The number of rotatable bonds is 7. The van der Waals surface area contributed by atoms with Crippen molar-refractivity contribution >= 4 is 8.32 Å². The summed E-state index contributed by atoms with van der Waals surface area (Å²) in [4.78, 5) is 13.8. The molecule has 1 heterocycles. The van der Waals surface area contributed by atoms with Crippen LogP contribution in [0.2, 0.25) is 17.6 Å². The minimum atomic E-state index is -2.27. The normalized spacial score (nSPS) is 22.7. The highest BCUT2D eigenvalue weighted by Crippen LogP contribution is 2.37. The van der Waals surface area contributed by atoms with Crippen molar-refractivity contribution in [1.82, 2.24) is 0 Å². The van der Waals surface area contributed by atoms with Gasteiger partial charge < -0.3 is 14.3 Å². The highest BCUT2D eigenvalue weighted by atomic mass is 28.4. The molecule has 2 unspecified atom stereocenters. The van der Waals surface area contributed by atoms with Crippen LogP contribution in [0.1, 0.15) is 58.2 Å². The number of benzene rings is 1. The fourth-order valence-electron chi connectivity index (χ4n) is 3.11. The predicted octanol–water partition coefficient (Wildman–Crippen LogP) is 5.49. The lowest BCUT2D eigenvalue weighted by Gasteiger charge is -2.34. The van der Waals surface area contributed by atoms with Gasteiger partial charge in [-0.1, -0.05) is 50.2 Å². The lowest BCUT2D eigenvalue weighted by Crippen LogP contribution is -2.41. The summed E-state index contributed by atoms with van der Waals surface area (Å²) in [6, 6.07) is 8.72. The van der Waals surface area contributed by atoms with Gasteiger partial charge in [0, 0.05) is 4.91 Å². The molecule has 7 heteroatoms. The molecule has 1 N–H and O–H groups in total. The first-order chi connectivity index (χ1) is 12.4. The van der Waals surface area contributed by atoms with Crippen LogP contribution in [0.15, 0.2) is 29.4 Å². The van der Waals surface area contributed by atoms with Crippen molar-refractivity contribution in [2.24, 2.45) is 5.11 Å². The molecule has 1 fully saturated rings. The second-order valence-electron chi connectivity index (χ2n) is 9.17. The predicted molar refractivity (Wildman–Crippen MR) is 110 cm³/mol. The average molecular weight is 392 g/mol. The van der Waals surface area contributed by atoms with E-state index in [0.717, 1.165) is 18.0 Å². The maximum Gasteiger partial charge on any atom is 0.191 e. The van der Waals surface area contributed by atoms with Crippen LogP contribution in [-0.2, 0) is 15.9 Å². The third kappa shape index (κ3) is 6.06. The monoisotopic (exact) mass is 391 g/mol. The molecule has 3 atom stereocenters. The molecule has 0 aromatic heterocycles.